The summed E-state index contributed by atoms with van der Waals surface area (Å²) in [4.78, 5) is 9.80. The Hall–Kier alpha value is -2.72. The average molecular weight is 516 g/mol. The third-order valence-electron chi connectivity index (χ3n) is 6.67. The maximum Gasteiger partial charge on any atom is 0.163 e. The number of halogens is 1. The van der Waals surface area contributed by atoms with E-state index in [-0.39, 0.29) is 18.2 Å². The van der Waals surface area contributed by atoms with Crippen LogP contribution in [0.15, 0.2) is 22.7 Å². The molecule has 3 N–H and O–H groups in total. The number of nitrogens with one attached hydrogen (secondary N) is 2. The van der Waals surface area contributed by atoms with Gasteiger partial charge in [0.15, 0.2) is 5.82 Å². The molecular formula is C26H34ClN5O4. The second-order valence-corrected chi connectivity index (χ2v) is 10.0. The van der Waals surface area contributed by atoms with E-state index in [1.54, 1.807) is 32.4 Å². The van der Waals surface area contributed by atoms with Gasteiger partial charge >= 0.3 is 0 Å². The third-order valence-corrected chi connectivity index (χ3v) is 7.00. The number of hydrogen-bond acceptors (Lipinski definition) is 9. The number of aliphatic hydroxyl groups is 1. The van der Waals surface area contributed by atoms with Gasteiger partial charge in [0.05, 0.1) is 27.6 Å². The number of hydrogen-bond donors (Lipinski definition) is 3. The van der Waals surface area contributed by atoms with E-state index in [0.29, 0.717) is 34.5 Å². The third kappa shape index (κ3) is 5.49. The van der Waals surface area contributed by atoms with Crippen molar-refractivity contribution in [3.8, 4) is 28.4 Å². The van der Waals surface area contributed by atoms with E-state index in [2.05, 4.69) is 22.7 Å². The smallest absolute Gasteiger partial charge is 0.163 e. The Morgan fingerprint density at radius 1 is 1.25 bits per heavy atom. The van der Waals surface area contributed by atoms with Crippen molar-refractivity contribution in [2.24, 2.45) is 0 Å². The van der Waals surface area contributed by atoms with Crippen molar-refractivity contribution in [3.63, 3.8) is 0 Å². The molecule has 0 radical (unpaired) electrons. The van der Waals surface area contributed by atoms with E-state index in [9.17, 15) is 5.11 Å². The van der Waals surface area contributed by atoms with Crippen LogP contribution in [0.2, 0.25) is 5.02 Å². The lowest BCUT2D eigenvalue weighted by atomic mass is 9.77. The van der Waals surface area contributed by atoms with Crippen LogP contribution in [-0.2, 0) is 4.74 Å². The minimum absolute atomic E-state index is 0.126. The van der Waals surface area contributed by atoms with Crippen LogP contribution >= 0.6 is 11.6 Å². The molecule has 194 valence electrons. The number of anilines is 1. The molecule has 3 aromatic rings. The second-order valence-electron chi connectivity index (χ2n) is 9.64. The normalized spacial score (nSPS) is 20.2. The predicted octanol–water partition coefficient (Wildman–Crippen LogP) is 4.32. The van der Waals surface area contributed by atoms with Gasteiger partial charge in [0, 0.05) is 30.8 Å². The molecule has 2 heterocycles. The maximum absolute atomic E-state index is 10.0. The molecule has 0 aliphatic heterocycles. The molecule has 2 aromatic heterocycles. The van der Waals surface area contributed by atoms with Crippen molar-refractivity contribution < 1.29 is 19.1 Å². The van der Waals surface area contributed by atoms with E-state index >= 15 is 0 Å². The van der Waals surface area contributed by atoms with Crippen molar-refractivity contribution in [2.45, 2.75) is 58.3 Å². The lowest BCUT2D eigenvalue weighted by Crippen LogP contribution is -2.49. The fourth-order valence-corrected chi connectivity index (χ4v) is 4.74. The lowest BCUT2D eigenvalue weighted by molar-refractivity contribution is -0.0625. The number of likely N-dealkylation sites (N-methyl/N-ethyl adjacent to an activating group) is 1. The molecule has 10 heteroatoms. The van der Waals surface area contributed by atoms with Gasteiger partial charge in [-0.3, -0.25) is 0 Å². The van der Waals surface area contributed by atoms with Crippen LogP contribution in [-0.4, -0.2) is 65.3 Å². The monoisotopic (exact) mass is 515 g/mol. The van der Waals surface area contributed by atoms with E-state index in [1.807, 2.05) is 20.8 Å². The average Bonchev–Trinajstić information content (AvgIpc) is 3.16. The van der Waals surface area contributed by atoms with Crippen LogP contribution in [0.3, 0.4) is 0 Å². The van der Waals surface area contributed by atoms with Gasteiger partial charge in [-0.2, -0.15) is 0 Å². The van der Waals surface area contributed by atoms with Gasteiger partial charge in [-0.05, 0) is 65.8 Å². The van der Waals surface area contributed by atoms with E-state index in [4.69, 9.17) is 35.6 Å². The zero-order valence-corrected chi connectivity index (χ0v) is 22.4. The fourth-order valence-electron chi connectivity index (χ4n) is 4.54. The molecule has 1 aliphatic rings. The quantitative estimate of drug-likeness (QED) is 0.363. The molecule has 0 unspecified atom stereocenters. The summed E-state index contributed by atoms with van der Waals surface area (Å²) < 4.78 is 16.9. The van der Waals surface area contributed by atoms with Crippen LogP contribution < -0.4 is 15.4 Å². The Morgan fingerprint density at radius 2 is 2.00 bits per heavy atom. The molecule has 1 saturated carbocycles. The first-order valence-electron chi connectivity index (χ1n) is 12.0. The molecule has 1 atom stereocenters. The highest BCUT2D eigenvalue weighted by Gasteiger charge is 2.41. The van der Waals surface area contributed by atoms with Gasteiger partial charge in [-0.1, -0.05) is 16.8 Å². The molecule has 36 heavy (non-hydrogen) atoms. The van der Waals surface area contributed by atoms with Crippen LogP contribution in [0, 0.1) is 20.8 Å². The summed E-state index contributed by atoms with van der Waals surface area (Å²) >= 11 is 6.61. The SMILES string of the molecule is CNC[C@@H](O)COc1ccc(Cl)c(-c2nc(N[C@H]3C[C@@](C)(OC)C3)c(C)c(-c3c(C)noc3C)n2)c1. The Labute approximate surface area is 216 Å². The van der Waals surface area contributed by atoms with Gasteiger partial charge in [0.1, 0.15) is 30.0 Å². The molecule has 1 aromatic carbocycles. The van der Waals surface area contributed by atoms with Crippen molar-refractivity contribution in [2.75, 3.05) is 32.6 Å². The molecular weight excluding hydrogens is 482 g/mol. The molecule has 4 rings (SSSR count). The number of aryl methyl sites for hydroxylation is 2. The summed E-state index contributed by atoms with van der Waals surface area (Å²) in [5.41, 5.74) is 3.73. The van der Waals surface area contributed by atoms with Crippen LogP contribution in [0.1, 0.15) is 36.8 Å². The van der Waals surface area contributed by atoms with Crippen molar-refractivity contribution in [1.82, 2.24) is 20.4 Å². The first-order chi connectivity index (χ1) is 17.1. The minimum atomic E-state index is -0.632. The molecule has 1 fully saturated rings. The van der Waals surface area contributed by atoms with E-state index in [0.717, 1.165) is 41.2 Å². The number of aromatic nitrogens is 3. The van der Waals surface area contributed by atoms with E-state index < -0.39 is 6.10 Å². The molecule has 0 spiro atoms. The summed E-state index contributed by atoms with van der Waals surface area (Å²) in [6.45, 7) is 8.45. The van der Waals surface area contributed by atoms with Crippen LogP contribution in [0.5, 0.6) is 5.75 Å². The molecule has 1 aliphatic carbocycles. The van der Waals surface area contributed by atoms with Gasteiger partial charge < -0.3 is 29.7 Å². The van der Waals surface area contributed by atoms with Crippen molar-refractivity contribution in [3.05, 3.63) is 40.2 Å². The largest absolute Gasteiger partial charge is 0.491 e. The van der Waals surface area contributed by atoms with Crippen LogP contribution in [0.25, 0.3) is 22.6 Å². The Balaban J connectivity index is 1.73. The molecule has 9 nitrogen and oxygen atoms in total. The highest BCUT2D eigenvalue weighted by Crippen LogP contribution is 2.40. The summed E-state index contributed by atoms with van der Waals surface area (Å²) in [6, 6.07) is 5.54. The molecule has 0 saturated heterocycles. The van der Waals surface area contributed by atoms with E-state index in [1.165, 1.54) is 0 Å². The summed E-state index contributed by atoms with van der Waals surface area (Å²) in [5.74, 6) is 2.43. The van der Waals surface area contributed by atoms with Gasteiger partial charge in [0.25, 0.3) is 0 Å². The highest BCUT2D eigenvalue weighted by molar-refractivity contribution is 6.33. The Bertz CT molecular complexity index is 1210. The van der Waals surface area contributed by atoms with Crippen LogP contribution in [0.4, 0.5) is 5.82 Å². The first-order valence-corrected chi connectivity index (χ1v) is 12.4. The first kappa shape index (κ1) is 26.3. The summed E-state index contributed by atoms with van der Waals surface area (Å²) in [6.07, 6.45) is 1.12. The van der Waals surface area contributed by atoms with Gasteiger partial charge in [0.2, 0.25) is 0 Å². The van der Waals surface area contributed by atoms with Gasteiger partial charge in [-0.15, -0.1) is 0 Å². The Morgan fingerprint density at radius 3 is 2.64 bits per heavy atom. The fraction of sp³-hybridized carbons (Fsp3) is 0.500. The second kappa shape index (κ2) is 10.7. The standard InChI is InChI=1S/C26H34ClN5O4/c1-14-23(22-15(2)32-36-16(22)3)30-25(31-24(14)29-17-10-26(4,11-17)34-6)20-9-19(7-8-21(20)27)35-13-18(33)12-28-5/h7-9,17-18,28,33H,10-13H2,1-6H3,(H,29,30,31)/t17-,18-,26+/m1/s1. The number of nitrogens with zero attached hydrogens (tertiary/aromatic N) is 3. The van der Waals surface area contributed by atoms with Crippen molar-refractivity contribution >= 4 is 17.4 Å². The number of rotatable bonds is 10. The maximum atomic E-state index is 10.0. The Kier molecular flexibility index (Phi) is 7.85. The molecule has 0 bridgehead atoms. The number of methoxy groups -OCH3 is 1. The highest BCUT2D eigenvalue weighted by atomic mass is 35.5. The number of benzene rings is 1. The minimum Gasteiger partial charge on any atom is -0.491 e. The number of ether oxygens (including phenoxy) is 2. The summed E-state index contributed by atoms with van der Waals surface area (Å²) in [7, 11) is 3.52. The number of aliphatic hydroxyl groups excluding tert-OH is 1. The summed E-state index contributed by atoms with van der Waals surface area (Å²) in [5, 5.41) is 21.1. The zero-order chi connectivity index (χ0) is 26.0. The zero-order valence-electron chi connectivity index (χ0n) is 21.6. The molecule has 0 amide bonds. The van der Waals surface area contributed by atoms with Gasteiger partial charge in [-0.25, -0.2) is 9.97 Å². The predicted molar refractivity (Wildman–Crippen MR) is 140 cm³/mol. The lowest BCUT2D eigenvalue weighted by Gasteiger charge is -2.44. The van der Waals surface area contributed by atoms with Crippen molar-refractivity contribution in [1.29, 1.82) is 0 Å². The topological polar surface area (TPSA) is 115 Å².